The molecule has 0 saturated heterocycles. The lowest BCUT2D eigenvalue weighted by molar-refractivity contribution is -0.137. The predicted octanol–water partition coefficient (Wildman–Crippen LogP) is 4.21. The predicted molar refractivity (Wildman–Crippen MR) is 113 cm³/mol. The quantitative estimate of drug-likeness (QED) is 0.631. The van der Waals surface area contributed by atoms with Gasteiger partial charge in [0.15, 0.2) is 11.5 Å². The minimum Gasteiger partial charge on any atom is -0.493 e. The van der Waals surface area contributed by atoms with Crippen molar-refractivity contribution in [2.45, 2.75) is 51.0 Å². The van der Waals surface area contributed by atoms with Crippen LogP contribution in [0.1, 0.15) is 50.2 Å². The van der Waals surface area contributed by atoms with E-state index in [-0.39, 0.29) is 17.9 Å². The number of ether oxygens (including phenoxy) is 2. The number of nitrogens with two attached hydrogens (primary N) is 2. The summed E-state index contributed by atoms with van der Waals surface area (Å²) in [6.45, 7) is 4.12. The number of rotatable bonds is 6. The zero-order chi connectivity index (χ0) is 20.9. The van der Waals surface area contributed by atoms with Gasteiger partial charge in [-0.3, -0.25) is 4.79 Å². The number of aliphatic carboxylic acids is 1. The Kier molecular flexibility index (Phi) is 4.60. The van der Waals surface area contributed by atoms with E-state index >= 15 is 0 Å². The van der Waals surface area contributed by atoms with E-state index in [0.29, 0.717) is 23.7 Å². The van der Waals surface area contributed by atoms with Crippen molar-refractivity contribution in [2.24, 2.45) is 5.92 Å². The van der Waals surface area contributed by atoms with Crippen LogP contribution in [-0.4, -0.2) is 23.8 Å². The molecule has 0 amide bonds. The number of hydrogen-bond acceptors (Lipinski definition) is 5. The fraction of sp³-hybridized carbons (Fsp3) is 0.435. The van der Waals surface area contributed by atoms with Crippen LogP contribution in [0.2, 0.25) is 0 Å². The number of carboxylic acids is 1. The van der Waals surface area contributed by atoms with E-state index < -0.39 is 5.97 Å². The summed E-state index contributed by atoms with van der Waals surface area (Å²) in [4.78, 5) is 10.8. The summed E-state index contributed by atoms with van der Waals surface area (Å²) in [5.41, 5.74) is 18.0. The Morgan fingerprint density at radius 1 is 1.28 bits per heavy atom. The number of carbonyl (C=O) groups is 1. The molecule has 154 valence electrons. The van der Waals surface area contributed by atoms with E-state index in [0.717, 1.165) is 46.6 Å². The molecule has 0 aromatic heterocycles. The zero-order valence-corrected chi connectivity index (χ0v) is 17.1. The number of benzene rings is 2. The van der Waals surface area contributed by atoms with E-state index in [1.54, 1.807) is 7.11 Å². The molecule has 2 aromatic carbocycles. The summed E-state index contributed by atoms with van der Waals surface area (Å²) < 4.78 is 11.6. The van der Waals surface area contributed by atoms with Gasteiger partial charge in [0.05, 0.1) is 7.11 Å². The average Bonchev–Trinajstić information content (AvgIpc) is 3.31. The fourth-order valence-electron chi connectivity index (χ4n) is 4.57. The molecular weight excluding hydrogens is 368 g/mol. The molecule has 0 spiro atoms. The minimum atomic E-state index is -0.759. The van der Waals surface area contributed by atoms with E-state index in [1.807, 2.05) is 24.3 Å². The Morgan fingerprint density at radius 3 is 2.59 bits per heavy atom. The van der Waals surface area contributed by atoms with Gasteiger partial charge in [-0.15, -0.1) is 0 Å². The van der Waals surface area contributed by atoms with E-state index in [4.69, 9.17) is 26.0 Å². The molecule has 2 unspecified atom stereocenters. The Morgan fingerprint density at radius 2 is 1.97 bits per heavy atom. The molecule has 6 heteroatoms. The normalized spacial score (nSPS) is 21.3. The van der Waals surface area contributed by atoms with Crippen LogP contribution in [-0.2, 0) is 11.2 Å². The van der Waals surface area contributed by atoms with Crippen LogP contribution in [0.3, 0.4) is 0 Å². The van der Waals surface area contributed by atoms with Crippen molar-refractivity contribution in [3.8, 4) is 22.6 Å². The van der Waals surface area contributed by atoms with Gasteiger partial charge in [0.1, 0.15) is 5.60 Å². The molecule has 2 atom stereocenters. The van der Waals surface area contributed by atoms with Gasteiger partial charge in [-0.05, 0) is 67.9 Å². The second kappa shape index (κ2) is 6.87. The highest BCUT2D eigenvalue weighted by Gasteiger charge is 2.41. The summed E-state index contributed by atoms with van der Waals surface area (Å²) in [6, 6.07) is 7.90. The molecule has 4 rings (SSSR count). The molecule has 1 saturated carbocycles. The average molecular weight is 396 g/mol. The molecule has 0 bridgehead atoms. The van der Waals surface area contributed by atoms with Gasteiger partial charge < -0.3 is 26.0 Å². The van der Waals surface area contributed by atoms with Crippen LogP contribution in [0, 0.1) is 5.92 Å². The summed E-state index contributed by atoms with van der Waals surface area (Å²) >= 11 is 0. The van der Waals surface area contributed by atoms with E-state index in [9.17, 15) is 4.79 Å². The van der Waals surface area contributed by atoms with Gasteiger partial charge in [0, 0.05) is 35.3 Å². The molecule has 1 aliphatic carbocycles. The van der Waals surface area contributed by atoms with Crippen LogP contribution in [0.25, 0.3) is 11.1 Å². The van der Waals surface area contributed by atoms with Crippen LogP contribution >= 0.6 is 0 Å². The van der Waals surface area contributed by atoms with Crippen molar-refractivity contribution in [3.63, 3.8) is 0 Å². The van der Waals surface area contributed by atoms with Crippen molar-refractivity contribution >= 4 is 17.3 Å². The lowest BCUT2D eigenvalue weighted by Crippen LogP contribution is -2.24. The highest BCUT2D eigenvalue weighted by atomic mass is 16.5. The molecule has 6 nitrogen and oxygen atoms in total. The van der Waals surface area contributed by atoms with Crippen LogP contribution in [0.4, 0.5) is 11.4 Å². The third-order valence-corrected chi connectivity index (χ3v) is 6.00. The summed E-state index contributed by atoms with van der Waals surface area (Å²) in [6.07, 6.45) is 2.57. The van der Waals surface area contributed by atoms with Crippen LogP contribution < -0.4 is 20.9 Å². The highest BCUT2D eigenvalue weighted by Crippen LogP contribution is 2.54. The van der Waals surface area contributed by atoms with Crippen molar-refractivity contribution in [2.75, 3.05) is 18.6 Å². The lowest BCUT2D eigenvalue weighted by atomic mass is 9.91. The Hall–Kier alpha value is -2.89. The first-order valence-corrected chi connectivity index (χ1v) is 10.00. The number of fused-ring (bicyclic) bond motifs is 1. The van der Waals surface area contributed by atoms with Crippen LogP contribution in [0.5, 0.6) is 11.5 Å². The van der Waals surface area contributed by atoms with Crippen LogP contribution in [0.15, 0.2) is 24.3 Å². The van der Waals surface area contributed by atoms with Gasteiger partial charge >= 0.3 is 5.97 Å². The first-order valence-electron chi connectivity index (χ1n) is 10.00. The van der Waals surface area contributed by atoms with Gasteiger partial charge in [0.2, 0.25) is 0 Å². The minimum absolute atomic E-state index is 0.187. The highest BCUT2D eigenvalue weighted by molar-refractivity contribution is 5.81. The van der Waals surface area contributed by atoms with Crippen molar-refractivity contribution in [1.82, 2.24) is 0 Å². The lowest BCUT2D eigenvalue weighted by Gasteiger charge is -2.17. The van der Waals surface area contributed by atoms with Crippen molar-refractivity contribution in [1.29, 1.82) is 0 Å². The zero-order valence-electron chi connectivity index (χ0n) is 17.1. The first-order chi connectivity index (χ1) is 13.7. The van der Waals surface area contributed by atoms with Crippen molar-refractivity contribution in [3.05, 3.63) is 35.4 Å². The largest absolute Gasteiger partial charge is 0.493 e. The second-order valence-electron chi connectivity index (χ2n) is 8.76. The smallest absolute Gasteiger partial charge is 0.303 e. The molecule has 1 fully saturated rings. The molecule has 5 N–H and O–H groups in total. The van der Waals surface area contributed by atoms with Crippen molar-refractivity contribution < 1.29 is 19.4 Å². The maximum atomic E-state index is 10.8. The Labute approximate surface area is 170 Å². The molecule has 1 heterocycles. The third-order valence-electron chi connectivity index (χ3n) is 6.00. The molecule has 2 aliphatic rings. The third kappa shape index (κ3) is 3.59. The second-order valence-corrected chi connectivity index (χ2v) is 8.76. The van der Waals surface area contributed by atoms with E-state index in [2.05, 4.69) is 13.8 Å². The summed E-state index contributed by atoms with van der Waals surface area (Å²) in [5, 5.41) is 8.90. The summed E-state index contributed by atoms with van der Waals surface area (Å²) in [7, 11) is 1.64. The molecule has 0 radical (unpaired) electrons. The SMILES string of the molecule is COc1ccc(-c2cc(N)c(C3CC3CCC(=O)O)c(N)c2)c2c1OC(C)(C)C2. The van der Waals surface area contributed by atoms with Gasteiger partial charge in [-0.2, -0.15) is 0 Å². The number of anilines is 2. The maximum absolute atomic E-state index is 10.8. The number of methoxy groups -OCH3 is 1. The molecule has 2 aromatic rings. The topological polar surface area (TPSA) is 108 Å². The number of hydrogen-bond donors (Lipinski definition) is 3. The Bertz CT molecular complexity index is 960. The molecule has 1 aliphatic heterocycles. The Balaban J connectivity index is 1.67. The van der Waals surface area contributed by atoms with Gasteiger partial charge in [-0.25, -0.2) is 0 Å². The van der Waals surface area contributed by atoms with E-state index in [1.165, 1.54) is 0 Å². The van der Waals surface area contributed by atoms with Gasteiger partial charge in [0.25, 0.3) is 0 Å². The summed E-state index contributed by atoms with van der Waals surface area (Å²) in [5.74, 6) is 1.36. The number of carboxylic acid groups (broad SMARTS) is 1. The first kappa shape index (κ1) is 19.4. The number of nitrogen functional groups attached to an aromatic ring is 2. The monoisotopic (exact) mass is 396 g/mol. The fourth-order valence-corrected chi connectivity index (χ4v) is 4.57. The molecular formula is C23H28N2O4. The standard InChI is InChI=1S/C23H28N2O4/c1-23(2)11-16-14(5-6-19(28-3)22(16)29-23)13-9-17(24)21(18(25)10-13)15-8-12(15)4-7-20(26)27/h5-6,9-10,12,15H,4,7-8,11,24-25H2,1-3H3,(H,26,27). The van der Waals surface area contributed by atoms with Gasteiger partial charge in [-0.1, -0.05) is 6.07 Å². The maximum Gasteiger partial charge on any atom is 0.303 e. The molecule has 29 heavy (non-hydrogen) atoms.